The number of ether oxygens (including phenoxy) is 1. The van der Waals surface area contributed by atoms with E-state index >= 15 is 0 Å². The zero-order valence-corrected chi connectivity index (χ0v) is 11.3. The molecule has 19 heavy (non-hydrogen) atoms. The van der Waals surface area contributed by atoms with Gasteiger partial charge in [-0.25, -0.2) is 4.98 Å². The summed E-state index contributed by atoms with van der Waals surface area (Å²) in [5.74, 6) is 0.962. The van der Waals surface area contributed by atoms with Gasteiger partial charge in [-0.15, -0.1) is 0 Å². The predicted octanol–water partition coefficient (Wildman–Crippen LogP) is 3.63. The fraction of sp³-hybridized carbons (Fsp3) is 0.188. The van der Waals surface area contributed by atoms with Gasteiger partial charge in [0.1, 0.15) is 5.75 Å². The van der Waals surface area contributed by atoms with E-state index in [0.717, 1.165) is 22.4 Å². The van der Waals surface area contributed by atoms with Crippen molar-refractivity contribution in [2.45, 2.75) is 13.8 Å². The molecule has 0 saturated heterocycles. The van der Waals surface area contributed by atoms with Crippen molar-refractivity contribution in [1.82, 2.24) is 9.38 Å². The molecular weight excluding hydrogens is 236 g/mol. The van der Waals surface area contributed by atoms with Gasteiger partial charge in [0.2, 0.25) is 0 Å². The Hall–Kier alpha value is -2.29. The van der Waals surface area contributed by atoms with E-state index in [2.05, 4.69) is 37.0 Å². The van der Waals surface area contributed by atoms with E-state index in [-0.39, 0.29) is 0 Å². The number of fused-ring (bicyclic) bond motifs is 1. The molecule has 0 saturated carbocycles. The molecule has 0 unspecified atom stereocenters. The number of pyridine rings is 1. The van der Waals surface area contributed by atoms with Crippen LogP contribution in [0.4, 0.5) is 0 Å². The fourth-order valence-corrected chi connectivity index (χ4v) is 2.62. The van der Waals surface area contributed by atoms with E-state index in [1.165, 1.54) is 11.1 Å². The van der Waals surface area contributed by atoms with Crippen LogP contribution in [0, 0.1) is 13.8 Å². The van der Waals surface area contributed by atoms with Crippen molar-refractivity contribution in [2.24, 2.45) is 0 Å². The molecule has 0 spiro atoms. The molecule has 0 radical (unpaired) electrons. The van der Waals surface area contributed by atoms with Crippen LogP contribution in [0.3, 0.4) is 0 Å². The van der Waals surface area contributed by atoms with Crippen LogP contribution < -0.4 is 4.74 Å². The Bertz CT molecular complexity index is 720. The summed E-state index contributed by atoms with van der Waals surface area (Å²) in [6.07, 6.45) is 5.72. The fourth-order valence-electron chi connectivity index (χ4n) is 2.62. The lowest BCUT2D eigenvalue weighted by atomic mass is 9.99. The quantitative estimate of drug-likeness (QED) is 0.696. The average molecular weight is 252 g/mol. The summed E-state index contributed by atoms with van der Waals surface area (Å²) in [6.45, 7) is 4.15. The van der Waals surface area contributed by atoms with Crippen molar-refractivity contribution in [1.29, 1.82) is 0 Å². The summed E-state index contributed by atoms with van der Waals surface area (Å²) in [5.41, 5.74) is 5.81. The maximum absolute atomic E-state index is 5.42. The van der Waals surface area contributed by atoms with Crippen LogP contribution in [-0.2, 0) is 0 Å². The van der Waals surface area contributed by atoms with Gasteiger partial charge < -0.3 is 9.14 Å². The number of nitrogens with zero attached hydrogens (tertiary/aromatic N) is 2. The molecule has 3 heteroatoms. The van der Waals surface area contributed by atoms with E-state index in [0.29, 0.717) is 0 Å². The molecule has 0 atom stereocenters. The molecule has 3 rings (SSSR count). The average Bonchev–Trinajstić information content (AvgIpc) is 2.86. The molecular formula is C16H16N2O. The second-order valence-corrected chi connectivity index (χ2v) is 4.75. The van der Waals surface area contributed by atoms with E-state index in [1.807, 2.05) is 29.2 Å². The lowest BCUT2D eigenvalue weighted by Crippen LogP contribution is -1.93. The molecule has 2 heterocycles. The van der Waals surface area contributed by atoms with E-state index in [1.54, 1.807) is 7.11 Å². The maximum Gasteiger partial charge on any atom is 0.124 e. The molecule has 96 valence electrons. The molecule has 0 bridgehead atoms. The second kappa shape index (κ2) is 4.43. The summed E-state index contributed by atoms with van der Waals surface area (Å²) in [6, 6.07) is 8.49. The third-order valence-corrected chi connectivity index (χ3v) is 3.43. The van der Waals surface area contributed by atoms with Crippen molar-refractivity contribution in [3.8, 4) is 16.9 Å². The predicted molar refractivity (Wildman–Crippen MR) is 76.7 cm³/mol. The SMILES string of the molecule is COc1c(C)cc(-c2cccn3cncc23)cc1C. The Morgan fingerprint density at radius 2 is 1.89 bits per heavy atom. The third-order valence-electron chi connectivity index (χ3n) is 3.43. The maximum atomic E-state index is 5.42. The van der Waals surface area contributed by atoms with Crippen molar-refractivity contribution in [3.63, 3.8) is 0 Å². The summed E-state index contributed by atoms with van der Waals surface area (Å²) in [4.78, 5) is 4.20. The van der Waals surface area contributed by atoms with Crippen molar-refractivity contribution in [3.05, 3.63) is 54.1 Å². The highest BCUT2D eigenvalue weighted by Gasteiger charge is 2.09. The molecule has 0 N–H and O–H groups in total. The number of imidazole rings is 1. The number of hydrogen-bond acceptors (Lipinski definition) is 2. The zero-order chi connectivity index (χ0) is 13.4. The van der Waals surface area contributed by atoms with Gasteiger partial charge in [0.15, 0.2) is 0 Å². The third kappa shape index (κ3) is 1.87. The lowest BCUT2D eigenvalue weighted by molar-refractivity contribution is 0.408. The van der Waals surface area contributed by atoms with Crippen LogP contribution >= 0.6 is 0 Å². The minimum atomic E-state index is 0.962. The van der Waals surface area contributed by atoms with Gasteiger partial charge in [-0.05, 0) is 48.7 Å². The van der Waals surface area contributed by atoms with Crippen LogP contribution in [0.25, 0.3) is 16.6 Å². The summed E-state index contributed by atoms with van der Waals surface area (Å²) < 4.78 is 7.45. The Morgan fingerprint density at radius 3 is 2.58 bits per heavy atom. The van der Waals surface area contributed by atoms with Crippen LogP contribution in [0.1, 0.15) is 11.1 Å². The highest BCUT2D eigenvalue weighted by Crippen LogP contribution is 2.31. The van der Waals surface area contributed by atoms with Crippen LogP contribution in [0.15, 0.2) is 43.0 Å². The molecule has 1 aromatic carbocycles. The summed E-state index contributed by atoms with van der Waals surface area (Å²) in [7, 11) is 1.71. The zero-order valence-electron chi connectivity index (χ0n) is 11.3. The second-order valence-electron chi connectivity index (χ2n) is 4.75. The molecule has 0 amide bonds. The highest BCUT2D eigenvalue weighted by molar-refractivity contribution is 5.81. The minimum Gasteiger partial charge on any atom is -0.496 e. The molecule has 0 aliphatic carbocycles. The number of benzene rings is 1. The normalized spacial score (nSPS) is 10.9. The van der Waals surface area contributed by atoms with Gasteiger partial charge in [0.25, 0.3) is 0 Å². The standard InChI is InChI=1S/C16H16N2O/c1-11-7-13(8-12(2)16(11)19-3)14-5-4-6-18-10-17-9-15(14)18/h4-10H,1-3H3. The largest absolute Gasteiger partial charge is 0.496 e. The Balaban J connectivity index is 2.25. The van der Waals surface area contributed by atoms with E-state index in [4.69, 9.17) is 4.74 Å². The smallest absolute Gasteiger partial charge is 0.124 e. The number of rotatable bonds is 2. The highest BCUT2D eigenvalue weighted by atomic mass is 16.5. The van der Waals surface area contributed by atoms with E-state index in [9.17, 15) is 0 Å². The molecule has 0 fully saturated rings. The topological polar surface area (TPSA) is 26.5 Å². The molecule has 3 nitrogen and oxygen atoms in total. The molecule has 3 aromatic rings. The first kappa shape index (κ1) is 11.8. The number of hydrogen-bond donors (Lipinski definition) is 0. The Labute approximate surface area is 112 Å². The Morgan fingerprint density at radius 1 is 1.16 bits per heavy atom. The van der Waals surface area contributed by atoms with E-state index < -0.39 is 0 Å². The first-order chi connectivity index (χ1) is 9.20. The van der Waals surface area contributed by atoms with Crippen LogP contribution in [-0.4, -0.2) is 16.5 Å². The van der Waals surface area contributed by atoms with Crippen LogP contribution in [0.5, 0.6) is 5.75 Å². The Kier molecular flexibility index (Phi) is 2.75. The number of aryl methyl sites for hydroxylation is 2. The molecule has 2 aromatic heterocycles. The molecule has 0 aliphatic heterocycles. The van der Waals surface area contributed by atoms with Crippen molar-refractivity contribution in [2.75, 3.05) is 7.11 Å². The first-order valence-electron chi connectivity index (χ1n) is 6.27. The van der Waals surface area contributed by atoms with Crippen LogP contribution in [0.2, 0.25) is 0 Å². The lowest BCUT2D eigenvalue weighted by Gasteiger charge is -2.12. The van der Waals surface area contributed by atoms with Crippen molar-refractivity contribution >= 4 is 5.52 Å². The monoisotopic (exact) mass is 252 g/mol. The molecule has 0 aliphatic rings. The van der Waals surface area contributed by atoms with Gasteiger partial charge in [-0.2, -0.15) is 0 Å². The van der Waals surface area contributed by atoms with Gasteiger partial charge >= 0.3 is 0 Å². The summed E-state index contributed by atoms with van der Waals surface area (Å²) in [5, 5.41) is 0. The number of aromatic nitrogens is 2. The first-order valence-corrected chi connectivity index (χ1v) is 6.27. The summed E-state index contributed by atoms with van der Waals surface area (Å²) >= 11 is 0. The number of methoxy groups -OCH3 is 1. The van der Waals surface area contributed by atoms with Crippen molar-refractivity contribution < 1.29 is 4.74 Å². The minimum absolute atomic E-state index is 0.962. The van der Waals surface area contributed by atoms with Gasteiger partial charge in [0.05, 0.1) is 25.2 Å². The van der Waals surface area contributed by atoms with Gasteiger partial charge in [0, 0.05) is 11.8 Å². The van der Waals surface area contributed by atoms with Gasteiger partial charge in [-0.3, -0.25) is 0 Å². The van der Waals surface area contributed by atoms with Gasteiger partial charge in [-0.1, -0.05) is 6.07 Å².